The molecule has 17 heavy (non-hydrogen) atoms. The van der Waals surface area contributed by atoms with E-state index < -0.39 is 0 Å². The van der Waals surface area contributed by atoms with E-state index in [1.807, 2.05) is 6.08 Å². The lowest BCUT2D eigenvalue weighted by Gasteiger charge is -2.23. The fraction of sp³-hybridized carbons (Fsp3) is 0.400. The third kappa shape index (κ3) is 1.36. The van der Waals surface area contributed by atoms with E-state index in [0.29, 0.717) is 5.57 Å². The van der Waals surface area contributed by atoms with Crippen LogP contribution in [0.1, 0.15) is 19.8 Å². The molecule has 3 rings (SSSR count). The number of hydrogen-bond donors (Lipinski definition) is 0. The minimum atomic E-state index is -0.224. The molecule has 0 bridgehead atoms. The highest BCUT2D eigenvalue weighted by molar-refractivity contribution is 5.91. The van der Waals surface area contributed by atoms with Gasteiger partial charge < -0.3 is 4.74 Å². The maximum absolute atomic E-state index is 11.6. The molecule has 2 nitrogen and oxygen atoms in total. The van der Waals surface area contributed by atoms with Crippen LogP contribution in [-0.4, -0.2) is 12.1 Å². The van der Waals surface area contributed by atoms with Crippen LogP contribution in [0.3, 0.4) is 0 Å². The second kappa shape index (κ2) is 3.46. The molecule has 3 atom stereocenters. The minimum absolute atomic E-state index is 0.0788. The Balaban J connectivity index is 2.06. The highest BCUT2D eigenvalue weighted by Crippen LogP contribution is 2.47. The Morgan fingerprint density at radius 1 is 1.35 bits per heavy atom. The van der Waals surface area contributed by atoms with E-state index in [9.17, 15) is 4.79 Å². The standard InChI is InChI=1S/C15H16O2/c1-8-4-7-12-10(3)15(16)17-14(12)13-9(2)5-6-11(8)13/h5-6,12-14H,2-4,7H2,1H3/t12-,13-,14-/m0/s1. The molecule has 2 heteroatoms. The van der Waals surface area contributed by atoms with Crippen molar-refractivity contribution in [3.8, 4) is 0 Å². The highest BCUT2D eigenvalue weighted by atomic mass is 16.6. The summed E-state index contributed by atoms with van der Waals surface area (Å²) >= 11 is 0. The monoisotopic (exact) mass is 228 g/mol. The van der Waals surface area contributed by atoms with E-state index in [2.05, 4.69) is 26.2 Å². The van der Waals surface area contributed by atoms with Crippen molar-refractivity contribution in [2.75, 3.05) is 0 Å². The first-order valence-electron chi connectivity index (χ1n) is 6.06. The van der Waals surface area contributed by atoms with Crippen LogP contribution in [0.2, 0.25) is 0 Å². The molecule has 2 aliphatic carbocycles. The van der Waals surface area contributed by atoms with E-state index in [0.717, 1.165) is 18.4 Å². The second-order valence-electron chi connectivity index (χ2n) is 5.16. The predicted molar refractivity (Wildman–Crippen MR) is 66.2 cm³/mol. The first kappa shape index (κ1) is 10.6. The van der Waals surface area contributed by atoms with Gasteiger partial charge in [-0.15, -0.1) is 0 Å². The molecule has 0 aromatic carbocycles. The van der Waals surface area contributed by atoms with E-state index in [4.69, 9.17) is 4.74 Å². The second-order valence-corrected chi connectivity index (χ2v) is 5.16. The van der Waals surface area contributed by atoms with Gasteiger partial charge in [-0.05, 0) is 30.9 Å². The van der Waals surface area contributed by atoms with E-state index in [1.165, 1.54) is 11.1 Å². The van der Waals surface area contributed by atoms with Gasteiger partial charge in [0.25, 0.3) is 0 Å². The van der Waals surface area contributed by atoms with Gasteiger partial charge >= 0.3 is 5.97 Å². The van der Waals surface area contributed by atoms with Crippen LogP contribution in [0.15, 0.2) is 47.6 Å². The van der Waals surface area contributed by atoms with Crippen LogP contribution in [0.25, 0.3) is 0 Å². The molecule has 0 aromatic heterocycles. The summed E-state index contributed by atoms with van der Waals surface area (Å²) in [6.45, 7) is 10.1. The number of ether oxygens (including phenoxy) is 1. The van der Waals surface area contributed by atoms with Crippen LogP contribution in [0.5, 0.6) is 0 Å². The fourth-order valence-electron chi connectivity index (χ4n) is 3.19. The maximum atomic E-state index is 11.6. The van der Waals surface area contributed by atoms with Gasteiger partial charge in [-0.1, -0.05) is 30.9 Å². The Bertz CT molecular complexity index is 493. The molecular formula is C15H16O2. The molecule has 88 valence electrons. The molecular weight excluding hydrogens is 212 g/mol. The third-order valence-corrected chi connectivity index (χ3v) is 4.21. The number of carbonyl (C=O) groups is 1. The van der Waals surface area contributed by atoms with Crippen molar-refractivity contribution in [3.05, 3.63) is 47.6 Å². The Morgan fingerprint density at radius 2 is 2.12 bits per heavy atom. The van der Waals surface area contributed by atoms with Gasteiger partial charge in [0.1, 0.15) is 6.10 Å². The lowest BCUT2D eigenvalue weighted by molar-refractivity contribution is -0.140. The molecule has 0 saturated carbocycles. The van der Waals surface area contributed by atoms with E-state index in [-0.39, 0.29) is 23.9 Å². The first-order chi connectivity index (χ1) is 8.09. The van der Waals surface area contributed by atoms with Gasteiger partial charge in [0.15, 0.2) is 0 Å². The van der Waals surface area contributed by atoms with Gasteiger partial charge in [-0.2, -0.15) is 0 Å². The number of rotatable bonds is 0. The molecule has 1 aliphatic heterocycles. The molecule has 0 spiro atoms. The minimum Gasteiger partial charge on any atom is -0.457 e. The van der Waals surface area contributed by atoms with Crippen molar-refractivity contribution in [2.24, 2.45) is 11.8 Å². The summed E-state index contributed by atoms with van der Waals surface area (Å²) in [5.74, 6) is 0.0981. The molecule has 0 amide bonds. The Labute approximate surface area is 101 Å². The summed E-state index contributed by atoms with van der Waals surface area (Å²) in [4.78, 5) is 11.6. The maximum Gasteiger partial charge on any atom is 0.334 e. The van der Waals surface area contributed by atoms with Gasteiger partial charge in [0, 0.05) is 17.4 Å². The van der Waals surface area contributed by atoms with Crippen molar-refractivity contribution >= 4 is 5.97 Å². The zero-order valence-corrected chi connectivity index (χ0v) is 10.0. The van der Waals surface area contributed by atoms with Crippen LogP contribution in [0, 0.1) is 11.8 Å². The number of allylic oxidation sites excluding steroid dienone is 3. The topological polar surface area (TPSA) is 26.3 Å². The molecule has 0 unspecified atom stereocenters. The zero-order chi connectivity index (χ0) is 12.2. The van der Waals surface area contributed by atoms with Crippen LogP contribution < -0.4 is 0 Å². The van der Waals surface area contributed by atoms with Crippen molar-refractivity contribution in [3.63, 3.8) is 0 Å². The SMILES string of the molecule is C=C1C=CC2=C(C)CC[C@H]3C(=C)C(=O)O[C@@H]3[C@@H]12. The van der Waals surface area contributed by atoms with Gasteiger partial charge in [0.05, 0.1) is 0 Å². The van der Waals surface area contributed by atoms with Crippen molar-refractivity contribution in [1.29, 1.82) is 0 Å². The molecule has 0 aromatic rings. The average Bonchev–Trinajstić information content (AvgIpc) is 2.75. The third-order valence-electron chi connectivity index (χ3n) is 4.21. The summed E-state index contributed by atoms with van der Waals surface area (Å²) in [6, 6.07) is 0. The number of hydrogen-bond acceptors (Lipinski definition) is 2. The van der Waals surface area contributed by atoms with Gasteiger partial charge in [0.2, 0.25) is 0 Å². The first-order valence-corrected chi connectivity index (χ1v) is 6.06. The molecule has 1 heterocycles. The van der Waals surface area contributed by atoms with Gasteiger partial charge in [-0.3, -0.25) is 0 Å². The summed E-state index contributed by atoms with van der Waals surface area (Å²) in [5.41, 5.74) is 4.38. The van der Waals surface area contributed by atoms with Crippen LogP contribution >= 0.6 is 0 Å². The molecule has 3 aliphatic rings. The molecule has 0 radical (unpaired) electrons. The normalized spacial score (nSPS) is 35.8. The van der Waals surface area contributed by atoms with Crippen molar-refractivity contribution < 1.29 is 9.53 Å². The predicted octanol–water partition coefficient (Wildman–Crippen LogP) is 2.94. The summed E-state index contributed by atoms with van der Waals surface area (Å²) in [7, 11) is 0. The summed E-state index contributed by atoms with van der Waals surface area (Å²) in [6.07, 6.45) is 6.06. The Hall–Kier alpha value is -1.57. The Kier molecular flexibility index (Phi) is 2.15. The molecule has 1 saturated heterocycles. The molecule has 0 N–H and O–H groups in total. The van der Waals surface area contributed by atoms with Crippen LogP contribution in [-0.2, 0) is 9.53 Å². The van der Waals surface area contributed by atoms with Crippen molar-refractivity contribution in [1.82, 2.24) is 0 Å². The van der Waals surface area contributed by atoms with Gasteiger partial charge in [-0.25, -0.2) is 4.79 Å². The zero-order valence-electron chi connectivity index (χ0n) is 10.0. The van der Waals surface area contributed by atoms with E-state index in [1.54, 1.807) is 0 Å². The largest absolute Gasteiger partial charge is 0.457 e. The average molecular weight is 228 g/mol. The van der Waals surface area contributed by atoms with Crippen molar-refractivity contribution in [2.45, 2.75) is 25.9 Å². The number of carbonyl (C=O) groups excluding carboxylic acids is 1. The number of esters is 1. The lowest BCUT2D eigenvalue weighted by atomic mass is 9.83. The smallest absolute Gasteiger partial charge is 0.334 e. The van der Waals surface area contributed by atoms with Crippen LogP contribution in [0.4, 0.5) is 0 Å². The fourth-order valence-corrected chi connectivity index (χ4v) is 3.19. The highest BCUT2D eigenvalue weighted by Gasteiger charge is 2.46. The molecule has 1 fully saturated rings. The van der Waals surface area contributed by atoms with E-state index >= 15 is 0 Å². The number of fused-ring (bicyclic) bond motifs is 3. The lowest BCUT2D eigenvalue weighted by Crippen LogP contribution is -2.26. The summed E-state index contributed by atoms with van der Waals surface area (Å²) < 4.78 is 5.52. The Morgan fingerprint density at radius 3 is 2.88 bits per heavy atom. The quantitative estimate of drug-likeness (QED) is 0.470. The summed E-state index contributed by atoms with van der Waals surface area (Å²) in [5, 5.41) is 0.